The van der Waals surface area contributed by atoms with E-state index in [1.54, 1.807) is 10.9 Å². The second-order valence-corrected chi connectivity index (χ2v) is 6.27. The van der Waals surface area contributed by atoms with Gasteiger partial charge in [-0.3, -0.25) is 4.57 Å². The molecule has 0 aliphatic rings. The molecule has 2 rings (SSSR count). The maximum Gasteiger partial charge on any atom is 0.350 e. The van der Waals surface area contributed by atoms with Crippen molar-refractivity contribution in [3.8, 4) is 0 Å². The molecule has 0 spiro atoms. The average molecular weight is 329 g/mol. The molecule has 9 nitrogen and oxygen atoms in total. The van der Waals surface area contributed by atoms with Gasteiger partial charge in [-0.05, 0) is 13.8 Å². The summed E-state index contributed by atoms with van der Waals surface area (Å²) in [5, 5.41) is 0. The highest BCUT2D eigenvalue weighted by molar-refractivity contribution is 7.51. The van der Waals surface area contributed by atoms with E-state index in [1.807, 2.05) is 13.8 Å². The van der Waals surface area contributed by atoms with Crippen molar-refractivity contribution in [2.75, 3.05) is 30.9 Å². The molecule has 2 aromatic rings. The number of nitrogens with zero attached hydrogens (tertiary/aromatic N) is 5. The van der Waals surface area contributed by atoms with Gasteiger partial charge in [0.2, 0.25) is 0 Å². The van der Waals surface area contributed by atoms with Gasteiger partial charge in [-0.25, -0.2) is 15.0 Å². The lowest BCUT2D eigenvalue weighted by Gasteiger charge is -2.19. The fraction of sp³-hybridized carbons (Fsp3) is 0.583. The summed E-state index contributed by atoms with van der Waals surface area (Å²) in [5.74, 6) is 0.782. The van der Waals surface area contributed by atoms with Gasteiger partial charge in [-0.15, -0.1) is 0 Å². The van der Waals surface area contributed by atoms with Gasteiger partial charge >= 0.3 is 7.60 Å². The summed E-state index contributed by atoms with van der Waals surface area (Å²) >= 11 is 0. The second-order valence-electron chi connectivity index (χ2n) is 4.68. The van der Waals surface area contributed by atoms with Gasteiger partial charge in [-0.1, -0.05) is 0 Å². The quantitative estimate of drug-likeness (QED) is 0.540. The third-order valence-electron chi connectivity index (χ3n) is 3.18. The zero-order chi connectivity index (χ0) is 16.2. The Kier molecular flexibility index (Phi) is 5.47. The minimum Gasteiger partial charge on any atom is -0.367 e. The van der Waals surface area contributed by atoms with Gasteiger partial charge in [-0.2, -0.15) is 0 Å². The molecule has 22 heavy (non-hydrogen) atoms. The monoisotopic (exact) mass is 329 g/mol. The van der Waals surface area contributed by atoms with Gasteiger partial charge in [0.15, 0.2) is 17.0 Å². The average Bonchev–Trinajstić information content (AvgIpc) is 2.88. The summed E-state index contributed by atoms with van der Waals surface area (Å²) in [4.78, 5) is 32.4. The summed E-state index contributed by atoms with van der Waals surface area (Å²) in [7, 11) is -4.13. The van der Waals surface area contributed by atoms with E-state index in [2.05, 4.69) is 19.9 Å². The summed E-state index contributed by atoms with van der Waals surface area (Å²) in [5.41, 5.74) is 1.39. The molecule has 2 heterocycles. The molecule has 0 saturated carbocycles. The number of aromatic nitrogens is 4. The molecule has 0 aliphatic heterocycles. The van der Waals surface area contributed by atoms with Crippen LogP contribution in [0.5, 0.6) is 0 Å². The molecule has 2 N–H and O–H groups in total. The SMILES string of the molecule is CCN(CC)c1ncnc2c1ncn2CCOCP(=O)(O)O. The van der Waals surface area contributed by atoms with Crippen LogP contribution in [-0.2, 0) is 15.8 Å². The number of anilines is 1. The molecule has 2 aromatic heterocycles. The van der Waals surface area contributed by atoms with E-state index in [0.717, 1.165) is 18.9 Å². The molecule has 0 radical (unpaired) electrons. The number of ether oxygens (including phenoxy) is 1. The molecule has 0 unspecified atom stereocenters. The van der Waals surface area contributed by atoms with Crippen LogP contribution in [0.4, 0.5) is 5.82 Å². The van der Waals surface area contributed by atoms with Crippen LogP contribution in [0.1, 0.15) is 13.8 Å². The van der Waals surface area contributed by atoms with E-state index in [9.17, 15) is 4.57 Å². The Balaban J connectivity index is 2.13. The molecular formula is C12H20N5O4P. The predicted molar refractivity (Wildman–Crippen MR) is 81.7 cm³/mol. The van der Waals surface area contributed by atoms with Gasteiger partial charge in [0, 0.05) is 19.6 Å². The van der Waals surface area contributed by atoms with Crippen molar-refractivity contribution in [3.63, 3.8) is 0 Å². The smallest absolute Gasteiger partial charge is 0.350 e. The fourth-order valence-electron chi connectivity index (χ4n) is 2.13. The van der Waals surface area contributed by atoms with Crippen LogP contribution >= 0.6 is 7.60 Å². The molecule has 122 valence electrons. The summed E-state index contributed by atoms with van der Waals surface area (Å²) in [6.45, 7) is 6.31. The maximum absolute atomic E-state index is 10.7. The summed E-state index contributed by atoms with van der Waals surface area (Å²) in [6.07, 6.45) is 2.54. The second kappa shape index (κ2) is 7.15. The van der Waals surface area contributed by atoms with Crippen molar-refractivity contribution in [1.29, 1.82) is 0 Å². The van der Waals surface area contributed by atoms with E-state index in [0.29, 0.717) is 17.7 Å². The molecule has 0 aliphatic carbocycles. The Morgan fingerprint density at radius 2 is 2.00 bits per heavy atom. The molecule has 0 amide bonds. The number of rotatable bonds is 8. The number of fused-ring (bicyclic) bond motifs is 1. The molecule has 0 saturated heterocycles. The molecular weight excluding hydrogens is 309 g/mol. The summed E-state index contributed by atoms with van der Waals surface area (Å²) in [6, 6.07) is 0. The Morgan fingerprint density at radius 1 is 1.27 bits per heavy atom. The Hall–Kier alpha value is -1.54. The lowest BCUT2D eigenvalue weighted by atomic mass is 10.4. The largest absolute Gasteiger partial charge is 0.367 e. The van der Waals surface area contributed by atoms with Crippen LogP contribution in [0.3, 0.4) is 0 Å². The molecule has 0 atom stereocenters. The van der Waals surface area contributed by atoms with Crippen molar-refractivity contribution < 1.29 is 19.1 Å². The fourth-order valence-corrected chi connectivity index (χ4v) is 2.50. The minimum absolute atomic E-state index is 0.168. The van der Waals surface area contributed by atoms with Crippen LogP contribution in [0.25, 0.3) is 11.2 Å². The Bertz CT molecular complexity index is 667. The number of imidazole rings is 1. The Morgan fingerprint density at radius 3 is 2.64 bits per heavy atom. The van der Waals surface area contributed by atoms with Crippen molar-refractivity contribution in [3.05, 3.63) is 12.7 Å². The first-order valence-electron chi connectivity index (χ1n) is 6.99. The maximum atomic E-state index is 10.7. The topological polar surface area (TPSA) is 114 Å². The van der Waals surface area contributed by atoms with Gasteiger partial charge in [0.25, 0.3) is 0 Å². The number of hydrogen-bond donors (Lipinski definition) is 2. The van der Waals surface area contributed by atoms with Crippen LogP contribution in [-0.4, -0.2) is 55.4 Å². The molecule has 10 heteroatoms. The van der Waals surface area contributed by atoms with E-state index >= 15 is 0 Å². The number of hydrogen-bond acceptors (Lipinski definition) is 6. The standard InChI is InChI=1S/C12H20N5O4P/c1-3-16(4-2)11-10-12(14-7-13-11)17(8-15-10)5-6-21-9-22(18,19)20/h7-8H,3-6,9H2,1-2H3,(H2,18,19,20). The van der Waals surface area contributed by atoms with E-state index in [1.165, 1.54) is 6.33 Å². The Labute approximate surface area is 128 Å². The highest BCUT2D eigenvalue weighted by Gasteiger charge is 2.15. The third-order valence-corrected chi connectivity index (χ3v) is 3.70. The first-order chi connectivity index (χ1) is 10.5. The predicted octanol–water partition coefficient (Wildman–Crippen LogP) is 0.824. The van der Waals surface area contributed by atoms with Gasteiger partial charge in [0.1, 0.15) is 12.7 Å². The lowest BCUT2D eigenvalue weighted by molar-refractivity contribution is 0.149. The van der Waals surface area contributed by atoms with Crippen LogP contribution in [0.2, 0.25) is 0 Å². The van der Waals surface area contributed by atoms with E-state index in [4.69, 9.17) is 14.5 Å². The van der Waals surface area contributed by atoms with Crippen molar-refractivity contribution in [2.45, 2.75) is 20.4 Å². The van der Waals surface area contributed by atoms with E-state index < -0.39 is 13.9 Å². The van der Waals surface area contributed by atoms with Crippen LogP contribution < -0.4 is 4.90 Å². The van der Waals surface area contributed by atoms with E-state index in [-0.39, 0.29) is 6.61 Å². The lowest BCUT2D eigenvalue weighted by Crippen LogP contribution is -2.23. The van der Waals surface area contributed by atoms with Gasteiger partial charge in [0.05, 0.1) is 12.9 Å². The van der Waals surface area contributed by atoms with Crippen molar-refractivity contribution in [2.24, 2.45) is 0 Å². The first kappa shape index (κ1) is 16.8. The molecule has 0 aromatic carbocycles. The normalized spacial score (nSPS) is 12.0. The van der Waals surface area contributed by atoms with Crippen LogP contribution in [0.15, 0.2) is 12.7 Å². The van der Waals surface area contributed by atoms with Crippen LogP contribution in [0, 0.1) is 0 Å². The van der Waals surface area contributed by atoms with Crippen molar-refractivity contribution in [1.82, 2.24) is 19.5 Å². The zero-order valence-corrected chi connectivity index (χ0v) is 13.5. The highest BCUT2D eigenvalue weighted by atomic mass is 31.2. The molecule has 0 fully saturated rings. The minimum atomic E-state index is -4.13. The highest BCUT2D eigenvalue weighted by Crippen LogP contribution is 2.33. The molecule has 0 bridgehead atoms. The van der Waals surface area contributed by atoms with Crippen molar-refractivity contribution >= 4 is 24.6 Å². The summed E-state index contributed by atoms with van der Waals surface area (Å²) < 4.78 is 17.5. The zero-order valence-electron chi connectivity index (χ0n) is 12.6. The van der Waals surface area contributed by atoms with Gasteiger partial charge < -0.3 is 24.0 Å². The first-order valence-corrected chi connectivity index (χ1v) is 8.79. The third kappa shape index (κ3) is 4.01.